The number of hydrogen-bond donors (Lipinski definition) is 1. The van der Waals surface area contributed by atoms with E-state index >= 15 is 0 Å². The minimum atomic E-state index is -0.0730. The van der Waals surface area contributed by atoms with Crippen LogP contribution in [0.25, 0.3) is 0 Å². The van der Waals surface area contributed by atoms with Crippen molar-refractivity contribution in [3.05, 3.63) is 55.6 Å². The molecule has 4 nitrogen and oxygen atoms in total. The van der Waals surface area contributed by atoms with Crippen molar-refractivity contribution in [1.82, 2.24) is 5.32 Å². The molecule has 0 aliphatic carbocycles. The molecule has 1 amide bonds. The van der Waals surface area contributed by atoms with E-state index < -0.39 is 0 Å². The Balaban J connectivity index is 1.97. The third kappa shape index (κ3) is 4.84. The van der Waals surface area contributed by atoms with Crippen LogP contribution in [0.5, 0.6) is 11.5 Å². The van der Waals surface area contributed by atoms with Gasteiger partial charge in [-0.05, 0) is 64.9 Å². The average molecular weight is 490 g/mol. The molecule has 122 valence electrons. The van der Waals surface area contributed by atoms with E-state index in [0.29, 0.717) is 23.6 Å². The quantitative estimate of drug-likeness (QED) is 0.623. The second kappa shape index (κ2) is 8.54. The molecule has 0 saturated heterocycles. The molecule has 0 unspecified atom stereocenters. The minimum absolute atomic E-state index is 0.0730. The second-order valence-corrected chi connectivity index (χ2v) is 6.90. The molecule has 0 aliphatic heterocycles. The summed E-state index contributed by atoms with van der Waals surface area (Å²) >= 11 is 5.55. The van der Waals surface area contributed by atoms with Crippen molar-refractivity contribution in [2.45, 2.75) is 6.42 Å². The van der Waals surface area contributed by atoms with Gasteiger partial charge in [0, 0.05) is 14.6 Å². The molecule has 0 atom stereocenters. The number of halogens is 2. The summed E-state index contributed by atoms with van der Waals surface area (Å²) in [5.74, 6) is 1.32. The molecule has 6 heteroatoms. The van der Waals surface area contributed by atoms with Gasteiger partial charge in [-0.3, -0.25) is 4.79 Å². The molecule has 0 radical (unpaired) electrons. The van der Waals surface area contributed by atoms with E-state index in [9.17, 15) is 4.79 Å². The Morgan fingerprint density at radius 3 is 2.57 bits per heavy atom. The molecule has 2 rings (SSSR count). The molecular formula is C17H17BrINO3. The summed E-state index contributed by atoms with van der Waals surface area (Å²) in [6, 6.07) is 11.4. The molecule has 23 heavy (non-hydrogen) atoms. The lowest BCUT2D eigenvalue weighted by molar-refractivity contribution is 0.0953. The van der Waals surface area contributed by atoms with Gasteiger partial charge in [-0.2, -0.15) is 0 Å². The van der Waals surface area contributed by atoms with Gasteiger partial charge in [0.15, 0.2) is 11.5 Å². The molecule has 0 saturated carbocycles. The Morgan fingerprint density at radius 2 is 1.87 bits per heavy atom. The van der Waals surface area contributed by atoms with Gasteiger partial charge in [0.1, 0.15) is 0 Å². The topological polar surface area (TPSA) is 47.6 Å². The largest absolute Gasteiger partial charge is 0.493 e. The van der Waals surface area contributed by atoms with E-state index in [1.807, 2.05) is 36.4 Å². The first-order valence-corrected chi connectivity index (χ1v) is 8.86. The zero-order valence-electron chi connectivity index (χ0n) is 12.9. The van der Waals surface area contributed by atoms with E-state index in [0.717, 1.165) is 20.0 Å². The summed E-state index contributed by atoms with van der Waals surface area (Å²) in [5, 5.41) is 2.94. The molecule has 0 heterocycles. The van der Waals surface area contributed by atoms with Gasteiger partial charge < -0.3 is 14.8 Å². The van der Waals surface area contributed by atoms with Gasteiger partial charge in [0.2, 0.25) is 0 Å². The summed E-state index contributed by atoms with van der Waals surface area (Å²) in [6.07, 6.45) is 0.719. The number of carbonyl (C=O) groups is 1. The Kier molecular flexibility index (Phi) is 6.71. The summed E-state index contributed by atoms with van der Waals surface area (Å²) in [6.45, 7) is 0.552. The molecular weight excluding hydrogens is 473 g/mol. The predicted octanol–water partition coefficient (Wildman–Crippen LogP) is 4.04. The zero-order chi connectivity index (χ0) is 16.8. The van der Waals surface area contributed by atoms with Crippen LogP contribution in [0.1, 0.15) is 15.9 Å². The summed E-state index contributed by atoms with van der Waals surface area (Å²) < 4.78 is 12.3. The van der Waals surface area contributed by atoms with Gasteiger partial charge in [0.05, 0.1) is 19.8 Å². The molecule has 0 bridgehead atoms. The maximum atomic E-state index is 12.3. The molecule has 1 N–H and O–H groups in total. The molecule has 2 aromatic rings. The highest BCUT2D eigenvalue weighted by Gasteiger charge is 2.10. The van der Waals surface area contributed by atoms with Crippen LogP contribution in [-0.4, -0.2) is 26.7 Å². The van der Waals surface area contributed by atoms with Gasteiger partial charge >= 0.3 is 0 Å². The fourth-order valence-electron chi connectivity index (χ4n) is 2.12. The van der Waals surface area contributed by atoms with E-state index in [1.54, 1.807) is 14.2 Å². The highest BCUT2D eigenvalue weighted by Crippen LogP contribution is 2.27. The maximum absolute atomic E-state index is 12.3. The van der Waals surface area contributed by atoms with Crippen LogP contribution in [0.15, 0.2) is 40.9 Å². The van der Waals surface area contributed by atoms with E-state index in [2.05, 4.69) is 43.8 Å². The first kappa shape index (κ1) is 18.1. The highest BCUT2D eigenvalue weighted by molar-refractivity contribution is 14.1. The normalized spacial score (nSPS) is 10.3. The number of methoxy groups -OCH3 is 2. The third-order valence-electron chi connectivity index (χ3n) is 3.32. The molecule has 2 aromatic carbocycles. The Labute approximate surface area is 157 Å². The van der Waals surface area contributed by atoms with Crippen LogP contribution >= 0.6 is 38.5 Å². The standard InChI is InChI=1S/C17H17BrINO3/c1-22-15-6-3-11(9-16(15)23-2)7-8-20-17(21)13-10-12(18)4-5-14(13)19/h3-6,9-10H,7-8H2,1-2H3,(H,20,21). The fourth-order valence-corrected chi connectivity index (χ4v) is 3.06. The lowest BCUT2D eigenvalue weighted by Crippen LogP contribution is -2.26. The van der Waals surface area contributed by atoms with Crippen molar-refractivity contribution in [2.24, 2.45) is 0 Å². The van der Waals surface area contributed by atoms with Gasteiger partial charge in [-0.1, -0.05) is 22.0 Å². The van der Waals surface area contributed by atoms with Gasteiger partial charge in [-0.15, -0.1) is 0 Å². The summed E-state index contributed by atoms with van der Waals surface area (Å²) in [7, 11) is 3.22. The number of benzene rings is 2. The van der Waals surface area contributed by atoms with Crippen LogP contribution in [0.2, 0.25) is 0 Å². The number of carbonyl (C=O) groups excluding carboxylic acids is 1. The number of hydrogen-bond acceptors (Lipinski definition) is 3. The minimum Gasteiger partial charge on any atom is -0.493 e. The Hall–Kier alpha value is -1.28. The predicted molar refractivity (Wildman–Crippen MR) is 102 cm³/mol. The van der Waals surface area contributed by atoms with Crippen molar-refractivity contribution < 1.29 is 14.3 Å². The van der Waals surface area contributed by atoms with Crippen LogP contribution in [0.3, 0.4) is 0 Å². The van der Waals surface area contributed by atoms with Gasteiger partial charge in [-0.25, -0.2) is 0 Å². The first-order chi connectivity index (χ1) is 11.0. The number of ether oxygens (including phenoxy) is 2. The van der Waals surface area contributed by atoms with Crippen LogP contribution in [0, 0.1) is 3.57 Å². The van der Waals surface area contributed by atoms with Crippen molar-refractivity contribution in [3.63, 3.8) is 0 Å². The van der Waals surface area contributed by atoms with Crippen molar-refractivity contribution in [3.8, 4) is 11.5 Å². The second-order valence-electron chi connectivity index (χ2n) is 4.82. The van der Waals surface area contributed by atoms with E-state index in [1.165, 1.54) is 0 Å². The third-order valence-corrected chi connectivity index (χ3v) is 4.75. The Morgan fingerprint density at radius 1 is 1.13 bits per heavy atom. The first-order valence-electron chi connectivity index (χ1n) is 6.99. The lowest BCUT2D eigenvalue weighted by atomic mass is 10.1. The SMILES string of the molecule is COc1ccc(CCNC(=O)c2cc(Br)ccc2I)cc1OC. The summed E-state index contributed by atoms with van der Waals surface area (Å²) in [5.41, 5.74) is 1.75. The smallest absolute Gasteiger partial charge is 0.252 e. The van der Waals surface area contributed by atoms with Crippen molar-refractivity contribution in [2.75, 3.05) is 20.8 Å². The van der Waals surface area contributed by atoms with Crippen molar-refractivity contribution in [1.29, 1.82) is 0 Å². The van der Waals surface area contributed by atoms with Crippen LogP contribution in [0.4, 0.5) is 0 Å². The molecule has 0 aromatic heterocycles. The number of rotatable bonds is 6. The van der Waals surface area contributed by atoms with Gasteiger partial charge in [0.25, 0.3) is 5.91 Å². The number of nitrogens with one attached hydrogen (secondary N) is 1. The average Bonchev–Trinajstić information content (AvgIpc) is 2.56. The van der Waals surface area contributed by atoms with Crippen LogP contribution < -0.4 is 14.8 Å². The fraction of sp³-hybridized carbons (Fsp3) is 0.235. The van der Waals surface area contributed by atoms with E-state index in [-0.39, 0.29) is 5.91 Å². The molecule has 0 spiro atoms. The maximum Gasteiger partial charge on any atom is 0.252 e. The summed E-state index contributed by atoms with van der Waals surface area (Å²) in [4.78, 5) is 12.3. The van der Waals surface area contributed by atoms with Crippen LogP contribution in [-0.2, 0) is 6.42 Å². The lowest BCUT2D eigenvalue weighted by Gasteiger charge is -2.10. The molecule has 0 aliphatic rings. The zero-order valence-corrected chi connectivity index (χ0v) is 16.6. The number of amides is 1. The highest BCUT2D eigenvalue weighted by atomic mass is 127. The molecule has 0 fully saturated rings. The monoisotopic (exact) mass is 489 g/mol. The Bertz CT molecular complexity index is 706. The van der Waals surface area contributed by atoms with E-state index in [4.69, 9.17) is 9.47 Å². The van der Waals surface area contributed by atoms with Crippen molar-refractivity contribution >= 4 is 44.4 Å².